The Kier molecular flexibility index (Phi) is 4.57. The number of fused-ring (bicyclic) bond motifs is 1. The van der Waals surface area contributed by atoms with Crippen LogP contribution in [0.5, 0.6) is 5.75 Å². The number of benzene rings is 2. The summed E-state index contributed by atoms with van der Waals surface area (Å²) in [5.41, 5.74) is 2.78. The van der Waals surface area contributed by atoms with Crippen molar-refractivity contribution in [3.63, 3.8) is 0 Å². The number of aromatic amines is 2. The van der Waals surface area contributed by atoms with Gasteiger partial charge in [0.1, 0.15) is 11.6 Å². The van der Waals surface area contributed by atoms with Gasteiger partial charge in [-0.05, 0) is 30.2 Å². The molecule has 1 amide bonds. The molecule has 2 aromatic carbocycles. The summed E-state index contributed by atoms with van der Waals surface area (Å²) >= 11 is 0. The van der Waals surface area contributed by atoms with Crippen LogP contribution in [0.25, 0.3) is 10.9 Å². The van der Waals surface area contributed by atoms with E-state index in [0.717, 1.165) is 17.8 Å². The summed E-state index contributed by atoms with van der Waals surface area (Å²) in [6.45, 7) is 0. The number of aryl methyl sites for hydroxylation is 2. The number of anilines is 1. The molecule has 0 saturated heterocycles. The summed E-state index contributed by atoms with van der Waals surface area (Å²) < 4.78 is 5.21. The average Bonchev–Trinajstić information content (AvgIpc) is 3.33. The molecule has 0 aliphatic rings. The van der Waals surface area contributed by atoms with Gasteiger partial charge in [-0.15, -0.1) is 5.10 Å². The van der Waals surface area contributed by atoms with Gasteiger partial charge in [0.05, 0.1) is 12.7 Å². The highest BCUT2D eigenvalue weighted by Crippen LogP contribution is 2.20. The number of nitrogens with one attached hydrogen (secondary N) is 3. The molecule has 0 atom stereocenters. The summed E-state index contributed by atoms with van der Waals surface area (Å²) in [7, 11) is 1.53. The molecule has 0 saturated carbocycles. The SMILES string of the molecule is COc1ccccc1C(=O)Nc1n[nH]c(CCc2c[nH]c3ccccc23)n1. The Labute approximate surface area is 155 Å². The number of ether oxygens (including phenoxy) is 1. The minimum absolute atomic E-state index is 0.250. The zero-order valence-electron chi connectivity index (χ0n) is 14.8. The fourth-order valence-electron chi connectivity index (χ4n) is 3.06. The molecule has 0 spiro atoms. The van der Waals surface area contributed by atoms with Crippen LogP contribution in [0, 0.1) is 0 Å². The predicted octanol–water partition coefficient (Wildman–Crippen LogP) is 3.33. The number of carbonyl (C=O) groups excluding carboxylic acids is 1. The van der Waals surface area contributed by atoms with E-state index in [1.165, 1.54) is 18.1 Å². The van der Waals surface area contributed by atoms with E-state index in [1.54, 1.807) is 18.2 Å². The van der Waals surface area contributed by atoms with Gasteiger partial charge >= 0.3 is 0 Å². The molecule has 0 aliphatic carbocycles. The molecule has 0 radical (unpaired) electrons. The Balaban J connectivity index is 1.42. The van der Waals surface area contributed by atoms with Crippen LogP contribution < -0.4 is 10.1 Å². The lowest BCUT2D eigenvalue weighted by molar-refractivity contribution is 0.102. The van der Waals surface area contributed by atoms with Crippen LogP contribution >= 0.6 is 0 Å². The number of methoxy groups -OCH3 is 1. The van der Waals surface area contributed by atoms with Gasteiger partial charge in [-0.1, -0.05) is 30.3 Å². The van der Waals surface area contributed by atoms with Crippen molar-refractivity contribution < 1.29 is 9.53 Å². The molecule has 2 heterocycles. The molecule has 2 aromatic heterocycles. The molecular formula is C20H19N5O2. The van der Waals surface area contributed by atoms with Crippen molar-refractivity contribution in [2.45, 2.75) is 12.8 Å². The van der Waals surface area contributed by atoms with Gasteiger partial charge in [-0.3, -0.25) is 15.2 Å². The molecular weight excluding hydrogens is 342 g/mol. The van der Waals surface area contributed by atoms with Crippen LogP contribution in [0.1, 0.15) is 21.7 Å². The van der Waals surface area contributed by atoms with Crippen LogP contribution in [0.2, 0.25) is 0 Å². The number of hydrogen-bond acceptors (Lipinski definition) is 4. The highest BCUT2D eigenvalue weighted by Gasteiger charge is 2.14. The number of amides is 1. The first-order chi connectivity index (χ1) is 13.2. The van der Waals surface area contributed by atoms with Crippen molar-refractivity contribution in [1.29, 1.82) is 0 Å². The summed E-state index contributed by atoms with van der Waals surface area (Å²) in [5, 5.41) is 10.9. The molecule has 7 nitrogen and oxygen atoms in total. The topological polar surface area (TPSA) is 95.7 Å². The van der Waals surface area contributed by atoms with Crippen molar-refractivity contribution >= 4 is 22.8 Å². The van der Waals surface area contributed by atoms with Gasteiger partial charge in [-0.25, -0.2) is 0 Å². The Morgan fingerprint density at radius 2 is 1.93 bits per heavy atom. The fraction of sp³-hybridized carbons (Fsp3) is 0.150. The monoisotopic (exact) mass is 361 g/mol. The molecule has 3 N–H and O–H groups in total. The maximum Gasteiger partial charge on any atom is 0.261 e. The molecule has 136 valence electrons. The minimum atomic E-state index is -0.311. The number of hydrogen-bond donors (Lipinski definition) is 3. The van der Waals surface area contributed by atoms with Gasteiger partial charge < -0.3 is 9.72 Å². The van der Waals surface area contributed by atoms with Crippen LogP contribution in [-0.4, -0.2) is 33.2 Å². The van der Waals surface area contributed by atoms with E-state index in [1.807, 2.05) is 24.4 Å². The first kappa shape index (κ1) is 16.8. The fourth-order valence-corrected chi connectivity index (χ4v) is 3.06. The first-order valence-electron chi connectivity index (χ1n) is 8.65. The largest absolute Gasteiger partial charge is 0.496 e. The summed E-state index contributed by atoms with van der Waals surface area (Å²) in [5.74, 6) is 1.16. The smallest absolute Gasteiger partial charge is 0.261 e. The molecule has 0 unspecified atom stereocenters. The maximum atomic E-state index is 12.4. The van der Waals surface area contributed by atoms with Crippen molar-refractivity contribution in [3.05, 3.63) is 71.7 Å². The van der Waals surface area contributed by atoms with Gasteiger partial charge in [0, 0.05) is 23.5 Å². The number of rotatable bonds is 6. The van der Waals surface area contributed by atoms with E-state index >= 15 is 0 Å². The molecule has 0 bridgehead atoms. The first-order valence-corrected chi connectivity index (χ1v) is 8.65. The van der Waals surface area contributed by atoms with Crippen LogP contribution in [0.15, 0.2) is 54.7 Å². The third-order valence-electron chi connectivity index (χ3n) is 4.41. The molecule has 4 aromatic rings. The van der Waals surface area contributed by atoms with E-state index in [-0.39, 0.29) is 11.9 Å². The number of nitrogens with zero attached hydrogens (tertiary/aromatic N) is 2. The predicted molar refractivity (Wildman–Crippen MR) is 103 cm³/mol. The summed E-state index contributed by atoms with van der Waals surface area (Å²) in [4.78, 5) is 20.0. The van der Waals surface area contributed by atoms with Crippen LogP contribution in [-0.2, 0) is 12.8 Å². The molecule has 0 aliphatic heterocycles. The van der Waals surface area contributed by atoms with Crippen molar-refractivity contribution in [2.24, 2.45) is 0 Å². The van der Waals surface area contributed by atoms with E-state index in [4.69, 9.17) is 4.74 Å². The lowest BCUT2D eigenvalue weighted by atomic mass is 10.1. The van der Waals surface area contributed by atoms with Gasteiger partial charge in [0.2, 0.25) is 5.95 Å². The number of H-pyrrole nitrogens is 2. The standard InChI is InChI=1S/C20H19N5O2/c1-27-17-9-5-3-7-15(17)19(26)23-20-22-18(24-25-20)11-10-13-12-21-16-8-4-2-6-14(13)16/h2-9,12,21H,10-11H2,1H3,(H2,22,23,24,25,26). The van der Waals surface area contributed by atoms with Gasteiger partial charge in [0.25, 0.3) is 5.91 Å². The Morgan fingerprint density at radius 1 is 1.11 bits per heavy atom. The van der Waals surface area contributed by atoms with Crippen molar-refractivity contribution in [2.75, 3.05) is 12.4 Å². The Morgan fingerprint density at radius 3 is 2.81 bits per heavy atom. The second-order valence-corrected chi connectivity index (χ2v) is 6.12. The highest BCUT2D eigenvalue weighted by molar-refractivity contribution is 6.05. The average molecular weight is 361 g/mol. The quantitative estimate of drug-likeness (QED) is 0.491. The Bertz CT molecular complexity index is 1080. The van der Waals surface area contributed by atoms with E-state index in [9.17, 15) is 4.79 Å². The molecule has 7 heteroatoms. The van der Waals surface area contributed by atoms with Crippen LogP contribution in [0.3, 0.4) is 0 Å². The van der Waals surface area contributed by atoms with Crippen molar-refractivity contribution in [1.82, 2.24) is 20.2 Å². The zero-order chi connectivity index (χ0) is 18.6. The number of aromatic nitrogens is 4. The van der Waals surface area contributed by atoms with Gasteiger partial charge in [-0.2, -0.15) is 4.98 Å². The van der Waals surface area contributed by atoms with E-state index in [0.29, 0.717) is 17.7 Å². The lowest BCUT2D eigenvalue weighted by Gasteiger charge is -2.06. The molecule has 0 fully saturated rings. The minimum Gasteiger partial charge on any atom is -0.496 e. The second-order valence-electron chi connectivity index (χ2n) is 6.12. The zero-order valence-corrected chi connectivity index (χ0v) is 14.8. The van der Waals surface area contributed by atoms with Crippen LogP contribution in [0.4, 0.5) is 5.95 Å². The number of para-hydroxylation sites is 2. The second kappa shape index (κ2) is 7.33. The lowest BCUT2D eigenvalue weighted by Crippen LogP contribution is -2.14. The van der Waals surface area contributed by atoms with E-state index in [2.05, 4.69) is 37.6 Å². The third kappa shape index (κ3) is 3.52. The summed E-state index contributed by atoms with van der Waals surface area (Å²) in [6, 6.07) is 15.2. The summed E-state index contributed by atoms with van der Waals surface area (Å²) in [6.07, 6.45) is 3.53. The molecule has 4 rings (SSSR count). The normalized spacial score (nSPS) is 10.9. The Hall–Kier alpha value is -3.61. The third-order valence-corrected chi connectivity index (χ3v) is 4.41. The van der Waals surface area contributed by atoms with E-state index < -0.39 is 0 Å². The van der Waals surface area contributed by atoms with Gasteiger partial charge in [0.15, 0.2) is 0 Å². The highest BCUT2D eigenvalue weighted by atomic mass is 16.5. The number of carbonyl (C=O) groups is 1. The maximum absolute atomic E-state index is 12.4. The molecule has 27 heavy (non-hydrogen) atoms. The van der Waals surface area contributed by atoms with Crippen molar-refractivity contribution in [3.8, 4) is 5.75 Å².